The molecule has 17 heavy (non-hydrogen) atoms. The zero-order valence-electron chi connectivity index (χ0n) is 9.18. The molecule has 0 aliphatic carbocycles. The Kier molecular flexibility index (Phi) is 3.22. The second-order valence-corrected chi connectivity index (χ2v) is 3.39. The lowest BCUT2D eigenvalue weighted by Crippen LogP contribution is -1.88. The summed E-state index contributed by atoms with van der Waals surface area (Å²) in [5, 5.41) is 10.9. The second-order valence-electron chi connectivity index (χ2n) is 3.39. The molecule has 1 aromatic carbocycles. The zero-order valence-corrected chi connectivity index (χ0v) is 9.18. The maximum absolute atomic E-state index is 8.54. The lowest BCUT2D eigenvalue weighted by Gasteiger charge is -1.97. The third-order valence-electron chi connectivity index (χ3n) is 2.23. The van der Waals surface area contributed by atoms with E-state index in [1.165, 1.54) is 0 Å². The van der Waals surface area contributed by atoms with E-state index in [1.54, 1.807) is 12.3 Å². The lowest BCUT2D eigenvalue weighted by atomic mass is 10.1. The Balaban J connectivity index is 2.44. The number of allylic oxidation sites excluding steroid dienone is 1. The molecule has 4 nitrogen and oxygen atoms in total. The Morgan fingerprint density at radius 3 is 2.82 bits per heavy atom. The number of nitriles is 1. The van der Waals surface area contributed by atoms with Crippen molar-refractivity contribution < 1.29 is 4.42 Å². The molecule has 2 aromatic rings. The lowest BCUT2D eigenvalue weighted by molar-refractivity contribution is 0.591. The molecule has 1 N–H and O–H groups in total. The minimum Gasteiger partial charge on any atom is -0.423 e. The molecule has 0 aliphatic heterocycles. The molecule has 84 valence electrons. The van der Waals surface area contributed by atoms with Crippen LogP contribution in [-0.4, -0.2) is 4.98 Å². The first-order valence-corrected chi connectivity index (χ1v) is 5.16. The topological polar surface area (TPSA) is 61.9 Å². The van der Waals surface area contributed by atoms with Gasteiger partial charge in [0.15, 0.2) is 12.0 Å². The first-order chi connectivity index (χ1) is 8.35. The van der Waals surface area contributed by atoms with Crippen molar-refractivity contribution in [3.8, 4) is 17.5 Å². The van der Waals surface area contributed by atoms with Crippen molar-refractivity contribution in [2.45, 2.75) is 6.42 Å². The van der Waals surface area contributed by atoms with Gasteiger partial charge in [0.25, 0.3) is 0 Å². The zero-order chi connectivity index (χ0) is 12.1. The standard InChI is InChI=1S/C13H11N3O/c1-2-6-11-12(10-7-4-3-5-8-10)17-13(16-11)15-9-14/h2-5,7-8H,1,6H2,(H,15,16). The van der Waals surface area contributed by atoms with E-state index in [0.717, 1.165) is 11.3 Å². The van der Waals surface area contributed by atoms with E-state index in [1.807, 2.05) is 30.3 Å². The largest absolute Gasteiger partial charge is 0.423 e. The van der Waals surface area contributed by atoms with E-state index < -0.39 is 0 Å². The van der Waals surface area contributed by atoms with Gasteiger partial charge >= 0.3 is 6.01 Å². The maximum Gasteiger partial charge on any atom is 0.308 e. The number of oxazole rings is 1. The second kappa shape index (κ2) is 4.99. The van der Waals surface area contributed by atoms with Crippen LogP contribution in [0, 0.1) is 11.5 Å². The third kappa shape index (κ3) is 2.34. The summed E-state index contributed by atoms with van der Waals surface area (Å²) in [7, 11) is 0. The fourth-order valence-corrected chi connectivity index (χ4v) is 1.54. The van der Waals surface area contributed by atoms with Crippen molar-refractivity contribution in [2.75, 3.05) is 5.32 Å². The van der Waals surface area contributed by atoms with Gasteiger partial charge < -0.3 is 4.42 Å². The van der Waals surface area contributed by atoms with Crippen molar-refractivity contribution in [3.63, 3.8) is 0 Å². The minimum atomic E-state index is 0.211. The van der Waals surface area contributed by atoms with Crippen LogP contribution in [-0.2, 0) is 6.42 Å². The number of benzene rings is 1. The van der Waals surface area contributed by atoms with Crippen molar-refractivity contribution in [1.82, 2.24) is 4.98 Å². The summed E-state index contributed by atoms with van der Waals surface area (Å²) in [5.41, 5.74) is 1.70. The SMILES string of the molecule is C=CCc1nc(NC#N)oc1-c1ccccc1. The molecule has 0 bridgehead atoms. The Hall–Kier alpha value is -2.54. The number of nitrogens with zero attached hydrogens (tertiary/aromatic N) is 2. The summed E-state index contributed by atoms with van der Waals surface area (Å²) in [6, 6.07) is 9.86. The maximum atomic E-state index is 8.54. The summed E-state index contributed by atoms with van der Waals surface area (Å²) >= 11 is 0. The average Bonchev–Trinajstić information content (AvgIpc) is 2.74. The molecule has 1 heterocycles. The van der Waals surface area contributed by atoms with Crippen LogP contribution in [0.3, 0.4) is 0 Å². The highest BCUT2D eigenvalue weighted by Gasteiger charge is 2.13. The van der Waals surface area contributed by atoms with Gasteiger partial charge in [0, 0.05) is 12.0 Å². The third-order valence-corrected chi connectivity index (χ3v) is 2.23. The van der Waals surface area contributed by atoms with Crippen LogP contribution in [0.4, 0.5) is 6.01 Å². The molecule has 1 aromatic heterocycles. The molecule has 0 amide bonds. The van der Waals surface area contributed by atoms with Gasteiger partial charge in [-0.3, -0.25) is 0 Å². The number of rotatable bonds is 4. The Bertz CT molecular complexity index is 552. The molecule has 0 radical (unpaired) electrons. The Morgan fingerprint density at radius 1 is 1.41 bits per heavy atom. The van der Waals surface area contributed by atoms with E-state index in [4.69, 9.17) is 9.68 Å². The number of anilines is 1. The number of aromatic nitrogens is 1. The van der Waals surface area contributed by atoms with Crippen LogP contribution >= 0.6 is 0 Å². The van der Waals surface area contributed by atoms with Gasteiger partial charge in [0.05, 0.1) is 5.69 Å². The smallest absolute Gasteiger partial charge is 0.308 e. The summed E-state index contributed by atoms with van der Waals surface area (Å²) in [5.74, 6) is 0.670. The quantitative estimate of drug-likeness (QED) is 0.493. The summed E-state index contributed by atoms with van der Waals surface area (Å²) in [6.45, 7) is 3.68. The molecular formula is C13H11N3O. The summed E-state index contributed by atoms with van der Waals surface area (Å²) in [6.07, 6.45) is 4.13. The fourth-order valence-electron chi connectivity index (χ4n) is 1.54. The normalized spacial score (nSPS) is 9.59. The van der Waals surface area contributed by atoms with Gasteiger partial charge in [-0.15, -0.1) is 6.58 Å². The molecule has 0 fully saturated rings. The van der Waals surface area contributed by atoms with E-state index in [-0.39, 0.29) is 6.01 Å². The minimum absolute atomic E-state index is 0.211. The first-order valence-electron chi connectivity index (χ1n) is 5.16. The van der Waals surface area contributed by atoms with Crippen LogP contribution in [0.2, 0.25) is 0 Å². The summed E-state index contributed by atoms with van der Waals surface area (Å²) in [4.78, 5) is 4.19. The van der Waals surface area contributed by atoms with E-state index in [2.05, 4.69) is 16.9 Å². The van der Waals surface area contributed by atoms with Crippen LogP contribution < -0.4 is 5.32 Å². The molecule has 0 saturated heterocycles. The molecule has 0 saturated carbocycles. The Labute approximate surface area is 99.2 Å². The fraction of sp³-hybridized carbons (Fsp3) is 0.0769. The predicted molar refractivity (Wildman–Crippen MR) is 65.1 cm³/mol. The van der Waals surface area contributed by atoms with Crippen LogP contribution in [0.1, 0.15) is 5.69 Å². The molecule has 2 rings (SSSR count). The van der Waals surface area contributed by atoms with E-state index in [0.29, 0.717) is 12.2 Å². The molecule has 0 spiro atoms. The van der Waals surface area contributed by atoms with Crippen molar-refractivity contribution >= 4 is 6.01 Å². The summed E-state index contributed by atoms with van der Waals surface area (Å²) < 4.78 is 5.50. The van der Waals surface area contributed by atoms with Crippen LogP contribution in [0.5, 0.6) is 0 Å². The van der Waals surface area contributed by atoms with Crippen molar-refractivity contribution in [3.05, 3.63) is 48.7 Å². The molecule has 4 heteroatoms. The number of nitrogens with one attached hydrogen (secondary N) is 1. The first kappa shape index (κ1) is 11.0. The van der Waals surface area contributed by atoms with Crippen molar-refractivity contribution in [2.24, 2.45) is 0 Å². The molecule has 0 atom stereocenters. The van der Waals surface area contributed by atoms with E-state index in [9.17, 15) is 0 Å². The monoisotopic (exact) mass is 225 g/mol. The van der Waals surface area contributed by atoms with E-state index >= 15 is 0 Å². The predicted octanol–water partition coefficient (Wildman–Crippen LogP) is 2.96. The van der Waals surface area contributed by atoms with Gasteiger partial charge in [-0.25, -0.2) is 5.32 Å². The van der Waals surface area contributed by atoms with Gasteiger partial charge in [-0.05, 0) is 0 Å². The van der Waals surface area contributed by atoms with Crippen LogP contribution in [0.15, 0.2) is 47.4 Å². The van der Waals surface area contributed by atoms with Gasteiger partial charge in [0.1, 0.15) is 0 Å². The highest BCUT2D eigenvalue weighted by atomic mass is 16.4. The van der Waals surface area contributed by atoms with Crippen molar-refractivity contribution in [1.29, 1.82) is 5.26 Å². The van der Waals surface area contributed by atoms with Gasteiger partial charge in [0.2, 0.25) is 0 Å². The van der Waals surface area contributed by atoms with Gasteiger partial charge in [-0.2, -0.15) is 10.2 Å². The Morgan fingerprint density at radius 2 is 2.18 bits per heavy atom. The molecular weight excluding hydrogens is 214 g/mol. The molecule has 0 unspecified atom stereocenters. The van der Waals surface area contributed by atoms with Gasteiger partial charge in [-0.1, -0.05) is 36.4 Å². The van der Waals surface area contributed by atoms with Crippen LogP contribution in [0.25, 0.3) is 11.3 Å². The number of hydrogen-bond acceptors (Lipinski definition) is 4. The highest BCUT2D eigenvalue weighted by Crippen LogP contribution is 2.27. The highest BCUT2D eigenvalue weighted by molar-refractivity contribution is 5.61. The molecule has 0 aliphatic rings. The average molecular weight is 225 g/mol. The number of hydrogen-bond donors (Lipinski definition) is 1.